The molecule has 0 atom stereocenters. The molecule has 5 nitrogen and oxygen atoms in total. The first-order valence-corrected chi connectivity index (χ1v) is 20.9. The van der Waals surface area contributed by atoms with E-state index in [0.717, 1.165) is 79.3 Å². The summed E-state index contributed by atoms with van der Waals surface area (Å²) in [6, 6.07) is 64.0. The summed E-state index contributed by atoms with van der Waals surface area (Å²) < 4.78 is 11.7. The molecule has 0 saturated carbocycles. The fraction of sp³-hybridized carbons (Fsp3) is 0.107. The summed E-state index contributed by atoms with van der Waals surface area (Å²) in [5.41, 5.74) is 17.0. The molecule has 61 heavy (non-hydrogen) atoms. The summed E-state index contributed by atoms with van der Waals surface area (Å²) in [6.07, 6.45) is 5.71. The number of pyridine rings is 1. The molecule has 0 bridgehead atoms. The highest BCUT2D eigenvalue weighted by Gasteiger charge is 2.40. The Morgan fingerprint density at radius 2 is 1.21 bits per heavy atom. The Morgan fingerprint density at radius 1 is 0.574 bits per heavy atom. The third kappa shape index (κ3) is 6.69. The van der Waals surface area contributed by atoms with E-state index in [1.807, 2.05) is 24.4 Å². The maximum Gasteiger partial charge on any atom is 0.269 e. The number of nitrogens with zero attached hydrogens (tertiary/aromatic N) is 4. The van der Waals surface area contributed by atoms with Gasteiger partial charge in [0, 0.05) is 28.4 Å². The van der Waals surface area contributed by atoms with Crippen LogP contribution in [0.1, 0.15) is 41.7 Å². The van der Waals surface area contributed by atoms with E-state index in [2.05, 4.69) is 219 Å². The summed E-state index contributed by atoms with van der Waals surface area (Å²) in [5.74, 6) is 1.50. The zero-order chi connectivity index (χ0) is 41.7. The Labute approximate surface area is 358 Å². The van der Waals surface area contributed by atoms with E-state index < -0.39 is 5.41 Å². The molecule has 7 aromatic carbocycles. The van der Waals surface area contributed by atoms with Gasteiger partial charge < -0.3 is 9.64 Å². The van der Waals surface area contributed by atoms with Gasteiger partial charge in [-0.1, -0.05) is 141 Å². The Morgan fingerprint density at radius 3 is 1.92 bits per heavy atom. The number of hydrogen-bond acceptors (Lipinski definition) is 3. The van der Waals surface area contributed by atoms with E-state index >= 15 is 0 Å². The quantitative estimate of drug-likeness (QED) is 0.114. The minimum atomic E-state index is -0.401. The molecule has 10 rings (SSSR count). The monoisotopic (exact) mass is 790 g/mol. The van der Waals surface area contributed by atoms with E-state index in [1.165, 1.54) is 22.3 Å². The number of fused-ring (bicyclic) bond motifs is 2. The molecular weight excluding hydrogens is 745 g/mol. The SMILES string of the molecule is Cc1cc(C)c(-[n+]2[c-]n(-c3cccc(Oc4cc(-c5ccccn5)cc5c4C(C)(C)c4ccccc4N5c4ccccc4)c3)c(-c3ccccc3)c2-c2ccccc2)c(C)c1. The van der Waals surface area contributed by atoms with Gasteiger partial charge in [0.2, 0.25) is 0 Å². The highest BCUT2D eigenvalue weighted by Crippen LogP contribution is 2.56. The minimum Gasteiger partial charge on any atom is -0.457 e. The van der Waals surface area contributed by atoms with Crippen LogP contribution in [0.25, 0.3) is 45.1 Å². The normalized spacial score (nSPS) is 12.8. The van der Waals surface area contributed by atoms with Gasteiger partial charge in [0.05, 0.1) is 39.8 Å². The first kappa shape index (κ1) is 37.7. The molecule has 0 saturated heterocycles. The zero-order valence-electron chi connectivity index (χ0n) is 35.1. The number of rotatable bonds is 8. The van der Waals surface area contributed by atoms with Crippen molar-refractivity contribution in [2.45, 2.75) is 40.0 Å². The molecule has 0 unspecified atom stereocenters. The molecular formula is C56H46N4O. The fourth-order valence-electron chi connectivity index (χ4n) is 9.31. The number of para-hydroxylation sites is 2. The standard InChI is InChI=1S/C56H46N4O/c1-38-32-39(2)53(40(3)33-38)59-37-58(54(41-20-9-6-10-21-41)55(59)42-22-11-7-12-23-42)45-26-19-27-46(36-45)61-51-35-43(48-29-17-18-31-57-48)34-50-52(51)56(4,5)47-28-15-16-30-49(47)60(50)44-24-13-8-14-25-44/h6-36H,1-5H3. The molecule has 1 aliphatic rings. The van der Waals surface area contributed by atoms with Crippen LogP contribution in [0.15, 0.2) is 188 Å². The number of benzene rings is 7. The van der Waals surface area contributed by atoms with Crippen LogP contribution in [0.2, 0.25) is 0 Å². The number of ether oxygens (including phenoxy) is 1. The first-order valence-electron chi connectivity index (χ1n) is 20.9. The lowest BCUT2D eigenvalue weighted by atomic mass is 9.72. The average Bonchev–Trinajstić information content (AvgIpc) is 3.67. The van der Waals surface area contributed by atoms with Gasteiger partial charge in [0.25, 0.3) is 6.33 Å². The second kappa shape index (κ2) is 15.3. The number of imidazole rings is 1. The summed E-state index contributed by atoms with van der Waals surface area (Å²) in [7, 11) is 0. The van der Waals surface area contributed by atoms with Crippen molar-refractivity contribution < 1.29 is 9.30 Å². The first-order chi connectivity index (χ1) is 29.8. The van der Waals surface area contributed by atoms with E-state index in [-0.39, 0.29) is 0 Å². The highest BCUT2D eigenvalue weighted by atomic mass is 16.5. The Kier molecular flexibility index (Phi) is 9.45. The molecule has 0 spiro atoms. The summed E-state index contributed by atoms with van der Waals surface area (Å²) >= 11 is 0. The van der Waals surface area contributed by atoms with Crippen LogP contribution < -0.4 is 14.2 Å². The van der Waals surface area contributed by atoms with Crippen molar-refractivity contribution in [2.24, 2.45) is 0 Å². The molecule has 0 aliphatic carbocycles. The summed E-state index contributed by atoms with van der Waals surface area (Å²) in [6.45, 7) is 11.1. The van der Waals surface area contributed by atoms with Gasteiger partial charge in [0.15, 0.2) is 0 Å². The molecule has 2 aromatic heterocycles. The van der Waals surface area contributed by atoms with Gasteiger partial charge in [-0.05, 0) is 109 Å². The van der Waals surface area contributed by atoms with Crippen molar-refractivity contribution in [3.63, 3.8) is 0 Å². The van der Waals surface area contributed by atoms with Gasteiger partial charge in [-0.2, -0.15) is 0 Å². The van der Waals surface area contributed by atoms with Crippen molar-refractivity contribution in [1.29, 1.82) is 0 Å². The van der Waals surface area contributed by atoms with Crippen LogP contribution in [-0.4, -0.2) is 9.55 Å². The summed E-state index contributed by atoms with van der Waals surface area (Å²) in [4.78, 5) is 7.18. The third-order valence-corrected chi connectivity index (χ3v) is 11.9. The van der Waals surface area contributed by atoms with Crippen LogP contribution in [0.5, 0.6) is 11.5 Å². The lowest BCUT2D eigenvalue weighted by Crippen LogP contribution is -2.34. The third-order valence-electron chi connectivity index (χ3n) is 11.9. The lowest BCUT2D eigenvalue weighted by molar-refractivity contribution is -0.588. The van der Waals surface area contributed by atoms with Crippen molar-refractivity contribution in [3.8, 4) is 56.6 Å². The average molecular weight is 791 g/mol. The molecule has 1 aliphatic heterocycles. The minimum absolute atomic E-state index is 0.401. The van der Waals surface area contributed by atoms with Gasteiger partial charge >= 0.3 is 0 Å². The Balaban J connectivity index is 1.19. The molecule has 296 valence electrons. The van der Waals surface area contributed by atoms with Gasteiger partial charge in [-0.25, -0.2) is 0 Å². The number of aromatic nitrogens is 3. The number of aryl methyl sites for hydroxylation is 3. The van der Waals surface area contributed by atoms with E-state index in [0.29, 0.717) is 0 Å². The molecule has 0 fully saturated rings. The molecule has 3 heterocycles. The highest BCUT2D eigenvalue weighted by molar-refractivity contribution is 5.90. The lowest BCUT2D eigenvalue weighted by Gasteiger charge is -2.43. The van der Waals surface area contributed by atoms with Crippen molar-refractivity contribution in [3.05, 3.63) is 222 Å². The number of anilines is 3. The van der Waals surface area contributed by atoms with Crippen LogP contribution in [-0.2, 0) is 5.41 Å². The predicted octanol–water partition coefficient (Wildman–Crippen LogP) is 13.8. The van der Waals surface area contributed by atoms with E-state index in [9.17, 15) is 0 Å². The molecule has 0 radical (unpaired) electrons. The second-order valence-corrected chi connectivity index (χ2v) is 16.4. The summed E-state index contributed by atoms with van der Waals surface area (Å²) in [5, 5.41) is 0. The van der Waals surface area contributed by atoms with Gasteiger partial charge in [0.1, 0.15) is 11.5 Å². The van der Waals surface area contributed by atoms with E-state index in [1.54, 1.807) is 0 Å². The van der Waals surface area contributed by atoms with Crippen LogP contribution in [0.3, 0.4) is 0 Å². The Bertz CT molecular complexity index is 3020. The van der Waals surface area contributed by atoms with Gasteiger partial charge in [-0.15, -0.1) is 0 Å². The van der Waals surface area contributed by atoms with Gasteiger partial charge in [-0.3, -0.25) is 14.1 Å². The second-order valence-electron chi connectivity index (χ2n) is 16.4. The predicted molar refractivity (Wildman–Crippen MR) is 248 cm³/mol. The van der Waals surface area contributed by atoms with E-state index in [4.69, 9.17) is 9.72 Å². The van der Waals surface area contributed by atoms with Crippen LogP contribution in [0.4, 0.5) is 17.1 Å². The Hall–Kier alpha value is -7.50. The number of hydrogen-bond donors (Lipinski definition) is 0. The van der Waals surface area contributed by atoms with Crippen molar-refractivity contribution in [2.75, 3.05) is 4.90 Å². The van der Waals surface area contributed by atoms with Crippen LogP contribution >= 0.6 is 0 Å². The largest absolute Gasteiger partial charge is 0.457 e. The zero-order valence-corrected chi connectivity index (χ0v) is 35.1. The topological polar surface area (TPSA) is 34.2 Å². The van der Waals surface area contributed by atoms with Crippen molar-refractivity contribution >= 4 is 17.1 Å². The fourth-order valence-corrected chi connectivity index (χ4v) is 9.31. The van der Waals surface area contributed by atoms with Crippen LogP contribution in [0, 0.1) is 27.1 Å². The maximum atomic E-state index is 7.25. The molecule has 5 heteroatoms. The molecule has 0 N–H and O–H groups in total. The smallest absolute Gasteiger partial charge is 0.269 e. The maximum absolute atomic E-state index is 7.25. The molecule has 0 amide bonds. The molecule has 9 aromatic rings. The van der Waals surface area contributed by atoms with Crippen molar-refractivity contribution in [1.82, 2.24) is 9.55 Å².